The summed E-state index contributed by atoms with van der Waals surface area (Å²) in [5.41, 5.74) is 3.72. The lowest BCUT2D eigenvalue weighted by Crippen LogP contribution is -2.29. The third kappa shape index (κ3) is 6.40. The summed E-state index contributed by atoms with van der Waals surface area (Å²) in [5, 5.41) is 2.84. The van der Waals surface area contributed by atoms with Gasteiger partial charge in [-0.25, -0.2) is 0 Å². The molecule has 31 heavy (non-hydrogen) atoms. The van der Waals surface area contributed by atoms with Gasteiger partial charge in [-0.2, -0.15) is 4.99 Å². The van der Waals surface area contributed by atoms with E-state index in [0.29, 0.717) is 17.8 Å². The molecule has 160 valence electrons. The number of pyridine rings is 1. The van der Waals surface area contributed by atoms with Crippen molar-refractivity contribution in [3.8, 4) is 5.75 Å². The van der Waals surface area contributed by atoms with E-state index < -0.39 is 6.04 Å². The first-order chi connectivity index (χ1) is 14.9. The van der Waals surface area contributed by atoms with Gasteiger partial charge in [-0.15, -0.1) is 0 Å². The number of hydrogen-bond donors (Lipinski definition) is 1. The minimum atomic E-state index is -0.464. The highest BCUT2D eigenvalue weighted by Gasteiger charge is 2.17. The number of methoxy groups -OCH3 is 1. The van der Waals surface area contributed by atoms with Crippen LogP contribution in [0, 0.1) is 6.92 Å². The molecule has 2 aromatic carbocycles. The van der Waals surface area contributed by atoms with E-state index in [1.54, 1.807) is 19.2 Å². The highest BCUT2D eigenvalue weighted by molar-refractivity contribution is 5.79. The number of rotatable bonds is 7. The minimum Gasteiger partial charge on any atom is -0.497 e. The van der Waals surface area contributed by atoms with E-state index in [9.17, 15) is 9.59 Å². The van der Waals surface area contributed by atoms with Crippen LogP contribution in [0.15, 0.2) is 77.9 Å². The van der Waals surface area contributed by atoms with Crippen molar-refractivity contribution in [3.63, 3.8) is 0 Å². The largest absolute Gasteiger partial charge is 0.497 e. The van der Waals surface area contributed by atoms with Crippen LogP contribution < -0.4 is 15.5 Å². The number of carbonyl (C=O) groups is 2. The molecule has 0 saturated carbocycles. The molecule has 0 radical (unpaired) electrons. The molecule has 1 aromatic heterocycles. The van der Waals surface area contributed by atoms with E-state index in [-0.39, 0.29) is 18.2 Å². The third-order valence-corrected chi connectivity index (χ3v) is 4.90. The van der Waals surface area contributed by atoms with Crippen LogP contribution in [0.25, 0.3) is 0 Å². The minimum absolute atomic E-state index is 0.0608. The van der Waals surface area contributed by atoms with Gasteiger partial charge in [-0.1, -0.05) is 48.0 Å². The van der Waals surface area contributed by atoms with Gasteiger partial charge in [0.2, 0.25) is 11.8 Å². The maximum atomic E-state index is 12.8. The van der Waals surface area contributed by atoms with Gasteiger partial charge in [0.05, 0.1) is 19.6 Å². The lowest BCUT2D eigenvalue weighted by molar-refractivity contribution is -0.121. The number of carbonyl (C=O) groups excluding carboxylic acids is 2. The van der Waals surface area contributed by atoms with Crippen LogP contribution in [0.1, 0.15) is 36.1 Å². The van der Waals surface area contributed by atoms with Crippen molar-refractivity contribution in [1.82, 2.24) is 9.88 Å². The van der Waals surface area contributed by atoms with Gasteiger partial charge in [0, 0.05) is 19.7 Å². The Morgan fingerprint density at radius 2 is 1.74 bits per heavy atom. The van der Waals surface area contributed by atoms with E-state index >= 15 is 0 Å². The molecule has 0 aliphatic rings. The fourth-order valence-corrected chi connectivity index (χ4v) is 3.27. The standard InChI is InChI=1S/C25H27N3O3/c1-18-7-9-20(10-8-18)17-28-15-5-4-6-24(28)27-25(30)16-23(26-19(2)29)21-11-13-22(31-3)14-12-21/h4-15,23H,16-17H2,1-3H3,(H,26,29). The van der Waals surface area contributed by atoms with Crippen molar-refractivity contribution < 1.29 is 14.3 Å². The monoisotopic (exact) mass is 417 g/mol. The number of ether oxygens (including phenoxy) is 1. The number of benzene rings is 2. The highest BCUT2D eigenvalue weighted by atomic mass is 16.5. The Balaban J connectivity index is 1.82. The molecule has 6 nitrogen and oxygen atoms in total. The smallest absolute Gasteiger partial charge is 0.250 e. The van der Waals surface area contributed by atoms with Crippen LogP contribution in [0.3, 0.4) is 0 Å². The molecular formula is C25H27N3O3. The van der Waals surface area contributed by atoms with E-state index in [1.165, 1.54) is 12.5 Å². The van der Waals surface area contributed by atoms with E-state index in [1.807, 2.05) is 48.0 Å². The van der Waals surface area contributed by atoms with Crippen LogP contribution >= 0.6 is 0 Å². The van der Waals surface area contributed by atoms with Crippen molar-refractivity contribution in [2.75, 3.05) is 7.11 Å². The average Bonchev–Trinajstić information content (AvgIpc) is 2.76. The number of hydrogen-bond acceptors (Lipinski definition) is 3. The van der Waals surface area contributed by atoms with E-state index in [2.05, 4.69) is 34.6 Å². The zero-order valence-electron chi connectivity index (χ0n) is 18.0. The molecule has 0 fully saturated rings. The average molecular weight is 418 g/mol. The van der Waals surface area contributed by atoms with Gasteiger partial charge in [0.25, 0.3) is 0 Å². The maximum Gasteiger partial charge on any atom is 0.250 e. The Labute approximate surface area is 182 Å². The van der Waals surface area contributed by atoms with Crippen molar-refractivity contribution in [3.05, 3.63) is 95.1 Å². The molecule has 3 aromatic rings. The van der Waals surface area contributed by atoms with Gasteiger partial charge in [0.1, 0.15) is 11.2 Å². The van der Waals surface area contributed by atoms with Crippen LogP contribution in [-0.4, -0.2) is 23.5 Å². The summed E-state index contributed by atoms with van der Waals surface area (Å²) in [6.07, 6.45) is 1.96. The van der Waals surface area contributed by atoms with Crippen LogP contribution in [-0.2, 0) is 16.1 Å². The molecule has 1 heterocycles. The fourth-order valence-electron chi connectivity index (χ4n) is 3.27. The number of nitrogens with one attached hydrogen (secondary N) is 1. The summed E-state index contributed by atoms with van der Waals surface area (Å²) in [6, 6.07) is 20.7. The number of aromatic nitrogens is 1. The molecule has 6 heteroatoms. The molecule has 1 unspecified atom stereocenters. The topological polar surface area (TPSA) is 72.7 Å². The predicted molar refractivity (Wildman–Crippen MR) is 119 cm³/mol. The summed E-state index contributed by atoms with van der Waals surface area (Å²) in [4.78, 5) is 28.8. The second kappa shape index (κ2) is 10.4. The molecule has 0 bridgehead atoms. The summed E-state index contributed by atoms with van der Waals surface area (Å²) < 4.78 is 7.12. The Morgan fingerprint density at radius 3 is 2.39 bits per heavy atom. The Kier molecular flexibility index (Phi) is 7.38. The number of aryl methyl sites for hydroxylation is 1. The molecule has 0 spiro atoms. The highest BCUT2D eigenvalue weighted by Crippen LogP contribution is 2.20. The molecular weight excluding hydrogens is 390 g/mol. The summed E-state index contributed by atoms with van der Waals surface area (Å²) in [5.74, 6) is 0.198. The predicted octanol–water partition coefficient (Wildman–Crippen LogP) is 3.55. The van der Waals surface area contributed by atoms with Gasteiger partial charge in [0.15, 0.2) is 0 Å². The zero-order valence-corrected chi connectivity index (χ0v) is 18.0. The van der Waals surface area contributed by atoms with Gasteiger partial charge in [-0.05, 0) is 42.3 Å². The number of amides is 2. The Morgan fingerprint density at radius 1 is 1.03 bits per heavy atom. The third-order valence-electron chi connectivity index (χ3n) is 4.90. The lowest BCUT2D eigenvalue weighted by Gasteiger charge is -2.17. The molecule has 2 amide bonds. The fraction of sp³-hybridized carbons (Fsp3) is 0.240. The molecule has 0 saturated heterocycles. The summed E-state index contributed by atoms with van der Waals surface area (Å²) >= 11 is 0. The van der Waals surface area contributed by atoms with Crippen molar-refractivity contribution >= 4 is 11.8 Å². The Bertz CT molecular complexity index is 1100. The molecule has 0 aliphatic carbocycles. The first-order valence-corrected chi connectivity index (χ1v) is 10.1. The first kappa shape index (κ1) is 22.0. The Hall–Kier alpha value is -3.67. The van der Waals surface area contributed by atoms with Gasteiger partial charge in [-0.3, -0.25) is 9.59 Å². The maximum absolute atomic E-state index is 12.8. The van der Waals surface area contributed by atoms with Crippen molar-refractivity contribution in [2.45, 2.75) is 32.9 Å². The second-order valence-electron chi connectivity index (χ2n) is 7.41. The van der Waals surface area contributed by atoms with Crippen molar-refractivity contribution in [1.29, 1.82) is 0 Å². The lowest BCUT2D eigenvalue weighted by atomic mass is 10.0. The normalized spacial score (nSPS) is 12.3. The number of nitrogens with zero attached hydrogens (tertiary/aromatic N) is 2. The van der Waals surface area contributed by atoms with E-state index in [4.69, 9.17) is 4.74 Å². The van der Waals surface area contributed by atoms with Gasteiger partial charge >= 0.3 is 0 Å². The molecule has 0 aliphatic heterocycles. The van der Waals surface area contributed by atoms with Crippen LogP contribution in [0.2, 0.25) is 0 Å². The molecule has 1 N–H and O–H groups in total. The van der Waals surface area contributed by atoms with Crippen LogP contribution in [0.4, 0.5) is 0 Å². The van der Waals surface area contributed by atoms with E-state index in [0.717, 1.165) is 11.1 Å². The molecule has 1 atom stereocenters. The zero-order chi connectivity index (χ0) is 22.2. The SMILES string of the molecule is COc1ccc(C(CC(=O)N=c2ccccn2Cc2ccc(C)cc2)NC(C)=O)cc1. The molecule has 3 rings (SSSR count). The first-order valence-electron chi connectivity index (χ1n) is 10.1. The second-order valence-corrected chi connectivity index (χ2v) is 7.41. The van der Waals surface area contributed by atoms with Crippen LogP contribution in [0.5, 0.6) is 5.75 Å². The summed E-state index contributed by atoms with van der Waals surface area (Å²) in [7, 11) is 1.59. The van der Waals surface area contributed by atoms with Gasteiger partial charge < -0.3 is 14.6 Å². The summed E-state index contributed by atoms with van der Waals surface area (Å²) in [6.45, 7) is 4.10. The quantitative estimate of drug-likeness (QED) is 0.639. The van der Waals surface area contributed by atoms with Crippen molar-refractivity contribution in [2.24, 2.45) is 4.99 Å².